The Balaban J connectivity index is 2.09. The van der Waals surface area contributed by atoms with Crippen LogP contribution in [0.3, 0.4) is 0 Å². The molecule has 114 valence electrons. The smallest absolute Gasteiger partial charge is 0.146 e. The molecule has 0 bridgehead atoms. The maximum atomic E-state index is 9.04. The summed E-state index contributed by atoms with van der Waals surface area (Å²) in [5.74, 6) is 0.340. The summed E-state index contributed by atoms with van der Waals surface area (Å²) in [6, 6.07) is 4.22. The molecular formula is C15H25NO3S. The van der Waals surface area contributed by atoms with Crippen LogP contribution >= 0.6 is 11.3 Å². The first-order chi connectivity index (χ1) is 9.70. The Morgan fingerprint density at radius 2 is 2.30 bits per heavy atom. The van der Waals surface area contributed by atoms with Gasteiger partial charge in [-0.1, -0.05) is 12.8 Å². The molecule has 0 aliphatic heterocycles. The number of ether oxygens (including phenoxy) is 2. The standard InChI is InChI=1S/C15H25NO3S/c1-18-11-19-10-12-4-2-3-8-15(12,16)14-6-5-13(20-14)7-9-17/h5-6,12,17H,2-4,7-11,16H2,1H3/t12-,15-/m0/s1. The van der Waals surface area contributed by atoms with Crippen LogP contribution in [-0.4, -0.2) is 32.2 Å². The molecule has 0 spiro atoms. The molecule has 5 heteroatoms. The molecule has 20 heavy (non-hydrogen) atoms. The number of thiophene rings is 1. The minimum absolute atomic E-state index is 0.192. The summed E-state index contributed by atoms with van der Waals surface area (Å²) in [5, 5.41) is 9.04. The fourth-order valence-electron chi connectivity index (χ4n) is 2.97. The van der Waals surface area contributed by atoms with Crippen LogP contribution in [0, 0.1) is 5.92 Å². The highest BCUT2D eigenvalue weighted by Gasteiger charge is 2.39. The van der Waals surface area contributed by atoms with E-state index < -0.39 is 0 Å². The van der Waals surface area contributed by atoms with Crippen molar-refractivity contribution in [3.05, 3.63) is 21.9 Å². The zero-order valence-electron chi connectivity index (χ0n) is 12.1. The van der Waals surface area contributed by atoms with Crippen LogP contribution in [0.1, 0.15) is 35.4 Å². The van der Waals surface area contributed by atoms with Crippen molar-refractivity contribution in [1.29, 1.82) is 0 Å². The number of nitrogens with two attached hydrogens (primary N) is 1. The van der Waals surface area contributed by atoms with E-state index in [0.717, 1.165) is 12.8 Å². The van der Waals surface area contributed by atoms with Gasteiger partial charge in [-0.3, -0.25) is 0 Å². The van der Waals surface area contributed by atoms with Gasteiger partial charge in [0.2, 0.25) is 0 Å². The van der Waals surface area contributed by atoms with E-state index in [4.69, 9.17) is 20.3 Å². The van der Waals surface area contributed by atoms with E-state index in [2.05, 4.69) is 12.1 Å². The summed E-state index contributed by atoms with van der Waals surface area (Å²) in [7, 11) is 1.64. The second-order valence-corrected chi connectivity index (χ2v) is 6.67. The van der Waals surface area contributed by atoms with Crippen molar-refractivity contribution in [2.45, 2.75) is 37.6 Å². The SMILES string of the molecule is COCOC[C@@H]1CCCC[C@@]1(N)c1ccc(CCO)s1. The molecule has 1 heterocycles. The van der Waals surface area contributed by atoms with Gasteiger partial charge in [0.05, 0.1) is 12.1 Å². The third kappa shape index (κ3) is 3.59. The number of aliphatic hydroxyl groups excluding tert-OH is 1. The third-order valence-electron chi connectivity index (χ3n) is 4.12. The monoisotopic (exact) mass is 299 g/mol. The van der Waals surface area contributed by atoms with Gasteiger partial charge in [-0.2, -0.15) is 0 Å². The van der Waals surface area contributed by atoms with Crippen LogP contribution < -0.4 is 5.73 Å². The highest BCUT2D eigenvalue weighted by molar-refractivity contribution is 7.12. The van der Waals surface area contributed by atoms with Gasteiger partial charge in [0.25, 0.3) is 0 Å². The van der Waals surface area contributed by atoms with Crippen LogP contribution in [0.15, 0.2) is 12.1 Å². The maximum Gasteiger partial charge on any atom is 0.146 e. The van der Waals surface area contributed by atoms with Crippen molar-refractivity contribution in [3.8, 4) is 0 Å². The summed E-state index contributed by atoms with van der Waals surface area (Å²) in [4.78, 5) is 2.43. The molecule has 0 saturated heterocycles. The Morgan fingerprint density at radius 1 is 1.45 bits per heavy atom. The van der Waals surface area contributed by atoms with E-state index >= 15 is 0 Å². The fourth-order valence-corrected chi connectivity index (χ4v) is 4.18. The number of hydrogen-bond donors (Lipinski definition) is 2. The van der Waals surface area contributed by atoms with Crippen molar-refractivity contribution in [3.63, 3.8) is 0 Å². The maximum absolute atomic E-state index is 9.04. The average molecular weight is 299 g/mol. The van der Waals surface area contributed by atoms with Gasteiger partial charge in [0, 0.05) is 35.8 Å². The number of methoxy groups -OCH3 is 1. The van der Waals surface area contributed by atoms with Gasteiger partial charge in [-0.05, 0) is 25.0 Å². The highest BCUT2D eigenvalue weighted by Crippen LogP contribution is 2.42. The van der Waals surface area contributed by atoms with Crippen LogP contribution in [0.4, 0.5) is 0 Å². The zero-order chi connectivity index (χ0) is 14.4. The van der Waals surface area contributed by atoms with Crippen LogP contribution in [0.2, 0.25) is 0 Å². The van der Waals surface area contributed by atoms with E-state index in [1.165, 1.54) is 22.6 Å². The first-order valence-corrected chi connectivity index (χ1v) is 8.08. The molecule has 2 atom stereocenters. The Hall–Kier alpha value is -0.460. The van der Waals surface area contributed by atoms with Gasteiger partial charge < -0.3 is 20.3 Å². The molecule has 1 aromatic rings. The molecule has 1 aliphatic rings. The Morgan fingerprint density at radius 3 is 3.05 bits per heavy atom. The van der Waals surface area contributed by atoms with E-state index in [9.17, 15) is 0 Å². The second-order valence-electron chi connectivity index (χ2n) is 5.50. The quantitative estimate of drug-likeness (QED) is 0.599. The lowest BCUT2D eigenvalue weighted by molar-refractivity contribution is -0.0585. The lowest BCUT2D eigenvalue weighted by Crippen LogP contribution is -2.47. The topological polar surface area (TPSA) is 64.7 Å². The van der Waals surface area contributed by atoms with Gasteiger partial charge in [0.1, 0.15) is 6.79 Å². The van der Waals surface area contributed by atoms with Crippen molar-refractivity contribution in [1.82, 2.24) is 0 Å². The number of rotatable bonds is 7. The molecule has 1 aliphatic carbocycles. The van der Waals surface area contributed by atoms with Crippen molar-refractivity contribution in [2.24, 2.45) is 11.7 Å². The molecule has 0 aromatic carbocycles. The molecule has 4 nitrogen and oxygen atoms in total. The average Bonchev–Trinajstić information content (AvgIpc) is 2.91. The fraction of sp³-hybridized carbons (Fsp3) is 0.733. The van der Waals surface area contributed by atoms with E-state index in [-0.39, 0.29) is 12.1 Å². The third-order valence-corrected chi connectivity index (χ3v) is 5.46. The molecule has 0 radical (unpaired) electrons. The molecule has 3 N–H and O–H groups in total. The normalized spacial score (nSPS) is 26.9. The van der Waals surface area contributed by atoms with Crippen LogP contribution in [0.25, 0.3) is 0 Å². The Kier molecular flexibility index (Phi) is 5.99. The van der Waals surface area contributed by atoms with Crippen molar-refractivity contribution in [2.75, 3.05) is 27.1 Å². The summed E-state index contributed by atoms with van der Waals surface area (Å²) >= 11 is 1.73. The molecule has 1 aromatic heterocycles. The molecular weight excluding hydrogens is 274 g/mol. The van der Waals surface area contributed by atoms with Crippen molar-refractivity contribution >= 4 is 11.3 Å². The van der Waals surface area contributed by atoms with E-state index in [1.54, 1.807) is 18.4 Å². The number of aliphatic hydroxyl groups is 1. The van der Waals surface area contributed by atoms with Gasteiger partial charge in [0.15, 0.2) is 0 Å². The van der Waals surface area contributed by atoms with Crippen LogP contribution in [-0.2, 0) is 21.4 Å². The Labute approximate surface area is 124 Å². The second kappa shape index (κ2) is 7.52. The highest BCUT2D eigenvalue weighted by atomic mass is 32.1. The predicted molar refractivity (Wildman–Crippen MR) is 80.8 cm³/mol. The van der Waals surface area contributed by atoms with E-state index in [0.29, 0.717) is 25.7 Å². The minimum atomic E-state index is -0.287. The van der Waals surface area contributed by atoms with E-state index in [1.807, 2.05) is 0 Å². The van der Waals surface area contributed by atoms with Crippen molar-refractivity contribution < 1.29 is 14.6 Å². The Bertz CT molecular complexity index is 410. The summed E-state index contributed by atoms with van der Waals surface area (Å²) in [6.45, 7) is 1.17. The summed E-state index contributed by atoms with van der Waals surface area (Å²) in [6.07, 6.45) is 5.21. The lowest BCUT2D eigenvalue weighted by Gasteiger charge is -2.40. The molecule has 1 saturated carbocycles. The lowest BCUT2D eigenvalue weighted by atomic mass is 9.73. The first kappa shape index (κ1) is 15.9. The van der Waals surface area contributed by atoms with Crippen LogP contribution in [0.5, 0.6) is 0 Å². The molecule has 0 unspecified atom stereocenters. The summed E-state index contributed by atoms with van der Waals surface area (Å²) < 4.78 is 10.5. The minimum Gasteiger partial charge on any atom is -0.396 e. The van der Waals surface area contributed by atoms with Gasteiger partial charge in [-0.15, -0.1) is 11.3 Å². The number of hydrogen-bond acceptors (Lipinski definition) is 5. The zero-order valence-corrected chi connectivity index (χ0v) is 13.0. The molecule has 1 fully saturated rings. The summed E-state index contributed by atoms with van der Waals surface area (Å²) in [5.41, 5.74) is 6.46. The first-order valence-electron chi connectivity index (χ1n) is 7.26. The largest absolute Gasteiger partial charge is 0.396 e. The van der Waals surface area contributed by atoms with Gasteiger partial charge in [-0.25, -0.2) is 0 Å². The molecule has 2 rings (SSSR count). The van der Waals surface area contributed by atoms with Gasteiger partial charge >= 0.3 is 0 Å². The molecule has 0 amide bonds. The predicted octanol–water partition coefficient (Wildman–Crippen LogP) is 2.25.